The maximum absolute atomic E-state index is 5.37. The molecule has 2 N–H and O–H groups in total. The third-order valence-electron chi connectivity index (χ3n) is 3.32. The van der Waals surface area contributed by atoms with Gasteiger partial charge in [-0.1, -0.05) is 45.9 Å². The zero-order chi connectivity index (χ0) is 16.7. The van der Waals surface area contributed by atoms with Crippen molar-refractivity contribution in [2.45, 2.75) is 54.4 Å². The first-order valence-corrected chi connectivity index (χ1v) is 8.39. The highest BCUT2D eigenvalue weighted by atomic mass is 32.1. The van der Waals surface area contributed by atoms with Crippen LogP contribution in [-0.2, 0) is 0 Å². The zero-order valence-electron chi connectivity index (χ0n) is 14.7. The van der Waals surface area contributed by atoms with Crippen molar-refractivity contribution in [1.82, 2.24) is 5.43 Å². The molecule has 0 spiro atoms. The number of thiocarbonyl (C=S) groups is 1. The van der Waals surface area contributed by atoms with E-state index in [-0.39, 0.29) is 0 Å². The Labute approximate surface area is 140 Å². The van der Waals surface area contributed by atoms with Crippen LogP contribution in [0.25, 0.3) is 0 Å². The average Bonchev–Trinajstić information content (AvgIpc) is 2.39. The molecule has 0 saturated carbocycles. The largest absolute Gasteiger partial charge is 0.331 e. The Hall–Kier alpha value is -1.42. The van der Waals surface area contributed by atoms with Crippen LogP contribution in [0.2, 0.25) is 0 Å². The van der Waals surface area contributed by atoms with Crippen molar-refractivity contribution in [3.05, 3.63) is 29.3 Å². The van der Waals surface area contributed by atoms with Crippen LogP contribution < -0.4 is 10.7 Å². The number of aryl methyl sites for hydroxylation is 2. The van der Waals surface area contributed by atoms with Crippen LogP contribution in [0.4, 0.5) is 5.69 Å². The Bertz CT molecular complexity index is 501. The molecule has 1 aromatic carbocycles. The lowest BCUT2D eigenvalue weighted by molar-refractivity contribution is 0.631. The summed E-state index contributed by atoms with van der Waals surface area (Å²) in [4.78, 5) is 0. The third kappa shape index (κ3) is 6.56. The molecule has 0 unspecified atom stereocenters. The molecule has 4 heteroatoms. The highest BCUT2D eigenvalue weighted by molar-refractivity contribution is 7.80. The maximum atomic E-state index is 5.37. The number of nitrogens with zero attached hydrogens (tertiary/aromatic N) is 1. The molecule has 0 aliphatic rings. The van der Waals surface area contributed by atoms with Crippen LogP contribution in [0.1, 0.15) is 51.7 Å². The number of anilines is 1. The van der Waals surface area contributed by atoms with E-state index in [4.69, 9.17) is 12.2 Å². The van der Waals surface area contributed by atoms with Gasteiger partial charge in [0.2, 0.25) is 0 Å². The van der Waals surface area contributed by atoms with E-state index in [2.05, 4.69) is 69.5 Å². The van der Waals surface area contributed by atoms with Gasteiger partial charge in [-0.3, -0.25) is 5.43 Å². The molecule has 0 heterocycles. The van der Waals surface area contributed by atoms with Gasteiger partial charge < -0.3 is 5.32 Å². The van der Waals surface area contributed by atoms with Crippen molar-refractivity contribution >= 4 is 28.7 Å². The monoisotopic (exact) mass is 319 g/mol. The van der Waals surface area contributed by atoms with Crippen LogP contribution in [0.15, 0.2) is 23.3 Å². The summed E-state index contributed by atoms with van der Waals surface area (Å²) in [5.41, 5.74) is 7.60. The molecule has 0 radical (unpaired) electrons. The summed E-state index contributed by atoms with van der Waals surface area (Å²) >= 11 is 5.37. The van der Waals surface area contributed by atoms with Gasteiger partial charge in [-0.25, -0.2) is 0 Å². The number of hydrogen-bond donors (Lipinski definition) is 2. The van der Waals surface area contributed by atoms with Gasteiger partial charge in [0.15, 0.2) is 5.11 Å². The SMILES string of the molecule is Cc1cccc(C)c1NC(=S)NN=C(CC(C)C)CC(C)C. The van der Waals surface area contributed by atoms with E-state index >= 15 is 0 Å². The normalized spacial score (nSPS) is 10.7. The van der Waals surface area contributed by atoms with Crippen molar-refractivity contribution in [1.29, 1.82) is 0 Å². The van der Waals surface area contributed by atoms with Gasteiger partial charge in [0.25, 0.3) is 0 Å². The number of rotatable bonds is 6. The molecule has 122 valence electrons. The van der Waals surface area contributed by atoms with E-state index in [9.17, 15) is 0 Å². The van der Waals surface area contributed by atoms with E-state index in [1.807, 2.05) is 6.07 Å². The van der Waals surface area contributed by atoms with Crippen molar-refractivity contribution in [3.8, 4) is 0 Å². The quantitative estimate of drug-likeness (QED) is 0.438. The number of hydrogen-bond acceptors (Lipinski definition) is 2. The number of hydrazone groups is 1. The molecular weight excluding hydrogens is 290 g/mol. The summed E-state index contributed by atoms with van der Waals surface area (Å²) in [5, 5.41) is 8.32. The van der Waals surface area contributed by atoms with Gasteiger partial charge in [0, 0.05) is 11.4 Å². The molecule has 1 rings (SSSR count). The summed E-state index contributed by atoms with van der Waals surface area (Å²) in [6, 6.07) is 6.20. The summed E-state index contributed by atoms with van der Waals surface area (Å²) in [6.07, 6.45) is 1.99. The summed E-state index contributed by atoms with van der Waals surface area (Å²) < 4.78 is 0. The van der Waals surface area contributed by atoms with Gasteiger partial charge >= 0.3 is 0 Å². The molecule has 0 aromatic heterocycles. The van der Waals surface area contributed by atoms with Crippen molar-refractivity contribution in [2.24, 2.45) is 16.9 Å². The molecule has 3 nitrogen and oxygen atoms in total. The predicted molar refractivity (Wildman–Crippen MR) is 102 cm³/mol. The highest BCUT2D eigenvalue weighted by Gasteiger charge is 2.08. The highest BCUT2D eigenvalue weighted by Crippen LogP contribution is 2.19. The number of benzene rings is 1. The maximum Gasteiger partial charge on any atom is 0.191 e. The Morgan fingerprint density at radius 3 is 2.00 bits per heavy atom. The fourth-order valence-electron chi connectivity index (χ4n) is 2.40. The molecular formula is C18H29N3S. The lowest BCUT2D eigenvalue weighted by atomic mass is 9.99. The van der Waals surface area contributed by atoms with E-state index in [1.165, 1.54) is 16.8 Å². The topological polar surface area (TPSA) is 36.4 Å². The molecule has 0 aliphatic heterocycles. The van der Waals surface area contributed by atoms with Crippen LogP contribution in [-0.4, -0.2) is 10.8 Å². The van der Waals surface area contributed by atoms with Gasteiger partial charge in [-0.2, -0.15) is 5.10 Å². The Morgan fingerprint density at radius 1 is 1.05 bits per heavy atom. The van der Waals surface area contributed by atoms with E-state index in [0.717, 1.165) is 18.5 Å². The van der Waals surface area contributed by atoms with Crippen molar-refractivity contribution in [3.63, 3.8) is 0 Å². The van der Waals surface area contributed by atoms with Crippen molar-refractivity contribution < 1.29 is 0 Å². The molecule has 22 heavy (non-hydrogen) atoms. The van der Waals surface area contributed by atoms with Crippen LogP contribution in [0.5, 0.6) is 0 Å². The second kappa shape index (κ2) is 8.89. The van der Waals surface area contributed by atoms with E-state index in [1.54, 1.807) is 0 Å². The van der Waals surface area contributed by atoms with Crippen LogP contribution in [0.3, 0.4) is 0 Å². The first kappa shape index (κ1) is 18.6. The van der Waals surface area contributed by atoms with E-state index in [0.29, 0.717) is 16.9 Å². The zero-order valence-corrected chi connectivity index (χ0v) is 15.5. The summed E-state index contributed by atoms with van der Waals surface area (Å²) in [7, 11) is 0. The second-order valence-corrected chi connectivity index (χ2v) is 7.11. The molecule has 0 fully saturated rings. The Balaban J connectivity index is 2.71. The molecule has 0 amide bonds. The van der Waals surface area contributed by atoms with Crippen molar-refractivity contribution in [2.75, 3.05) is 5.32 Å². The van der Waals surface area contributed by atoms with Crippen LogP contribution >= 0.6 is 12.2 Å². The van der Waals surface area contributed by atoms with Gasteiger partial charge in [0.1, 0.15) is 0 Å². The predicted octanol–water partition coefficient (Wildman–Crippen LogP) is 5.04. The Morgan fingerprint density at radius 2 is 1.55 bits per heavy atom. The lowest BCUT2D eigenvalue weighted by Gasteiger charge is -2.15. The average molecular weight is 320 g/mol. The Kier molecular flexibility index (Phi) is 7.52. The molecule has 0 bridgehead atoms. The standard InChI is InChI=1S/C18H29N3S/c1-12(2)10-16(11-13(3)4)20-21-18(22)19-17-14(5)8-7-9-15(17)6/h7-9,12-13H,10-11H2,1-6H3,(H2,19,21,22). The third-order valence-corrected chi connectivity index (χ3v) is 3.52. The van der Waals surface area contributed by atoms with Crippen LogP contribution in [0, 0.1) is 25.7 Å². The molecule has 0 saturated heterocycles. The minimum Gasteiger partial charge on any atom is -0.331 e. The lowest BCUT2D eigenvalue weighted by Crippen LogP contribution is -2.26. The second-order valence-electron chi connectivity index (χ2n) is 6.71. The molecule has 0 aliphatic carbocycles. The summed E-state index contributed by atoms with van der Waals surface area (Å²) in [6.45, 7) is 13.0. The van der Waals surface area contributed by atoms with Gasteiger partial charge in [-0.15, -0.1) is 0 Å². The number of para-hydroxylation sites is 1. The minimum atomic E-state index is 0.544. The first-order chi connectivity index (χ1) is 10.3. The van der Waals surface area contributed by atoms with Gasteiger partial charge in [0.05, 0.1) is 0 Å². The molecule has 0 atom stereocenters. The fraction of sp³-hybridized carbons (Fsp3) is 0.556. The van der Waals surface area contributed by atoms with E-state index < -0.39 is 0 Å². The minimum absolute atomic E-state index is 0.544. The van der Waals surface area contributed by atoms with Gasteiger partial charge in [-0.05, 0) is 61.9 Å². The fourth-order valence-corrected chi connectivity index (χ4v) is 2.55. The first-order valence-electron chi connectivity index (χ1n) is 7.98. The summed E-state index contributed by atoms with van der Waals surface area (Å²) in [5.74, 6) is 1.19. The number of nitrogens with one attached hydrogen (secondary N) is 2. The molecule has 1 aromatic rings. The smallest absolute Gasteiger partial charge is 0.191 e.